The van der Waals surface area contributed by atoms with E-state index >= 15 is 0 Å². The molecule has 0 spiro atoms. The lowest BCUT2D eigenvalue weighted by molar-refractivity contribution is -0.910. The van der Waals surface area contributed by atoms with Crippen LogP contribution in [0.3, 0.4) is 0 Å². The first-order valence-corrected chi connectivity index (χ1v) is 15.1. The fraction of sp³-hybridized carbons (Fsp3) is 0.929. The maximum absolute atomic E-state index is 12.1. The van der Waals surface area contributed by atoms with Crippen molar-refractivity contribution in [3.05, 3.63) is 12.2 Å². The monoisotopic (exact) mass is 470 g/mol. The first-order valence-electron chi connectivity index (χ1n) is 13.9. The van der Waals surface area contributed by atoms with Crippen LogP contribution in [0, 0.1) is 0 Å². The van der Waals surface area contributed by atoms with Gasteiger partial charge < -0.3 is 4.89 Å². The Kier molecular flexibility index (Phi) is 20.0. The summed E-state index contributed by atoms with van der Waals surface area (Å²) in [6.45, 7) is 4.37. The Morgan fingerprint density at radius 2 is 1.03 bits per heavy atom. The van der Waals surface area contributed by atoms with E-state index in [0.717, 1.165) is 38.5 Å². The second-order valence-corrected chi connectivity index (χ2v) is 12.1. The van der Waals surface area contributed by atoms with Crippen molar-refractivity contribution in [2.75, 3.05) is 21.1 Å². The lowest BCUT2D eigenvalue weighted by atomic mass is 10.00. The molecule has 0 aliphatic rings. The maximum atomic E-state index is 12.1. The van der Waals surface area contributed by atoms with Gasteiger partial charge in [0, 0.05) is 12.8 Å². The van der Waals surface area contributed by atoms with Crippen LogP contribution in [-0.4, -0.2) is 30.9 Å². The minimum atomic E-state index is -2.43. The largest absolute Gasteiger partial charge is 0.590 e. The molecule has 0 saturated carbocycles. The van der Waals surface area contributed by atoms with Crippen molar-refractivity contribution >= 4 is 8.03 Å². The second-order valence-electron chi connectivity index (χ2n) is 10.8. The molecule has 0 bridgehead atoms. The average Bonchev–Trinajstić information content (AvgIpc) is 2.73. The van der Waals surface area contributed by atoms with Crippen LogP contribution in [0.15, 0.2) is 12.2 Å². The lowest BCUT2D eigenvalue weighted by Crippen LogP contribution is -2.55. The molecule has 0 aliphatic heterocycles. The number of rotatable bonds is 23. The molecule has 0 saturated heterocycles. The van der Waals surface area contributed by atoms with E-state index in [-0.39, 0.29) is 0 Å². The second kappa shape index (κ2) is 20.2. The Hall–Kier alpha value is -0.240. The molecule has 2 atom stereocenters. The summed E-state index contributed by atoms with van der Waals surface area (Å²) in [6.07, 6.45) is 29.7. The Morgan fingerprint density at radius 3 is 1.41 bits per heavy atom. The van der Waals surface area contributed by atoms with Crippen molar-refractivity contribution < 1.29 is 13.9 Å². The highest BCUT2D eigenvalue weighted by molar-refractivity contribution is 7.38. The molecular weight excluding hydrogens is 413 g/mol. The van der Waals surface area contributed by atoms with Gasteiger partial charge in [0.05, 0.1) is 21.1 Å². The molecule has 0 aromatic carbocycles. The first-order chi connectivity index (χ1) is 15.3. The molecule has 2 unspecified atom stereocenters. The van der Waals surface area contributed by atoms with Crippen LogP contribution < -0.4 is 4.89 Å². The fourth-order valence-corrected chi connectivity index (χ4v) is 6.05. The van der Waals surface area contributed by atoms with Gasteiger partial charge >= 0.3 is 8.03 Å². The molecule has 0 aliphatic carbocycles. The average molecular weight is 471 g/mol. The summed E-state index contributed by atoms with van der Waals surface area (Å²) in [7, 11) is 3.64. The number of unbranched alkanes of at least 4 members (excludes halogenated alkanes) is 15. The highest BCUT2D eigenvalue weighted by Crippen LogP contribution is 2.45. The third-order valence-corrected chi connectivity index (χ3v) is 8.80. The van der Waals surface area contributed by atoms with Gasteiger partial charge in [0.1, 0.15) is 0 Å². The normalized spacial score (nSPS) is 14.8. The minimum absolute atomic E-state index is 0.508. The van der Waals surface area contributed by atoms with Crippen LogP contribution in [0.2, 0.25) is 0 Å². The predicted molar refractivity (Wildman–Crippen MR) is 141 cm³/mol. The molecule has 0 fully saturated rings. The first kappa shape index (κ1) is 31.8. The van der Waals surface area contributed by atoms with Crippen molar-refractivity contribution in [2.24, 2.45) is 0 Å². The molecule has 0 aromatic heterocycles. The van der Waals surface area contributed by atoms with Gasteiger partial charge in [-0.25, -0.2) is 0 Å². The van der Waals surface area contributed by atoms with Crippen molar-refractivity contribution in [2.45, 2.75) is 148 Å². The van der Waals surface area contributed by atoms with Crippen LogP contribution in [0.1, 0.15) is 142 Å². The van der Waals surface area contributed by atoms with Gasteiger partial charge in [-0.15, -0.1) is 0 Å². The quantitative estimate of drug-likeness (QED) is 0.0647. The van der Waals surface area contributed by atoms with Crippen molar-refractivity contribution in [1.29, 1.82) is 0 Å². The van der Waals surface area contributed by atoms with E-state index in [9.17, 15) is 9.46 Å². The summed E-state index contributed by atoms with van der Waals surface area (Å²) in [5, 5.41) is -0.609. The van der Waals surface area contributed by atoms with E-state index in [1.54, 1.807) is 0 Å². The van der Waals surface area contributed by atoms with E-state index in [1.807, 2.05) is 21.1 Å². The third kappa shape index (κ3) is 14.8. The summed E-state index contributed by atoms with van der Waals surface area (Å²) >= 11 is 0. The predicted octanol–water partition coefficient (Wildman–Crippen LogP) is 8.89. The minimum Gasteiger partial charge on any atom is -0.590 e. The molecule has 0 heterocycles. The Bertz CT molecular complexity index is 473. The van der Waals surface area contributed by atoms with Crippen molar-refractivity contribution in [3.63, 3.8) is 0 Å². The zero-order valence-corrected chi connectivity index (χ0v) is 23.4. The molecule has 3 nitrogen and oxygen atoms in total. The topological polar surface area (TPSA) is 40.1 Å². The van der Waals surface area contributed by atoms with Crippen LogP contribution in [0.4, 0.5) is 0 Å². The molecule has 0 rings (SSSR count). The van der Waals surface area contributed by atoms with Gasteiger partial charge in [0.25, 0.3) is 5.28 Å². The molecule has 0 aromatic rings. The summed E-state index contributed by atoms with van der Waals surface area (Å²) < 4.78 is 12.6. The lowest BCUT2D eigenvalue weighted by Gasteiger charge is -2.39. The van der Waals surface area contributed by atoms with E-state index in [1.165, 1.54) is 89.9 Å². The highest BCUT2D eigenvalue weighted by atomic mass is 31.1. The molecule has 32 heavy (non-hydrogen) atoms. The number of hydrogen-bond acceptors (Lipinski definition) is 2. The van der Waals surface area contributed by atoms with E-state index in [0.29, 0.717) is 4.48 Å². The van der Waals surface area contributed by atoms with Crippen LogP contribution in [0.5, 0.6) is 0 Å². The zero-order valence-electron chi connectivity index (χ0n) is 22.5. The standard InChI is InChI=1S/C28H57NO2P/c1-6-8-9-10-11-12-13-14-15-16-17-18-19-20-21-22-23-24-25-27-28(26-7-2,32(30)31)29(3,4)5/h21-22H,6-20,23-27H2,1-5H3/q+1. The molecule has 0 amide bonds. The van der Waals surface area contributed by atoms with Gasteiger partial charge in [-0.1, -0.05) is 108 Å². The van der Waals surface area contributed by atoms with Crippen LogP contribution in [0.25, 0.3) is 0 Å². The summed E-state index contributed by atoms with van der Waals surface area (Å²) in [5.41, 5.74) is 0. The number of quaternary nitrogens is 1. The molecule has 4 heteroatoms. The molecule has 0 N–H and O–H groups in total. The fourth-order valence-electron chi connectivity index (χ4n) is 4.81. The van der Waals surface area contributed by atoms with Crippen LogP contribution in [-0.2, 0) is 4.57 Å². The number of hydrogen-bond donors (Lipinski definition) is 0. The molecular formula is C28H57NO2P+. The number of allylic oxidation sites excluding steroid dienone is 2. The summed E-state index contributed by atoms with van der Waals surface area (Å²) in [4.78, 5) is 12.1. The van der Waals surface area contributed by atoms with Crippen molar-refractivity contribution in [1.82, 2.24) is 0 Å². The summed E-state index contributed by atoms with van der Waals surface area (Å²) in [5.74, 6) is 0. The van der Waals surface area contributed by atoms with Gasteiger partial charge in [-0.05, 0) is 38.5 Å². The Labute approximate surface area is 202 Å². The summed E-state index contributed by atoms with van der Waals surface area (Å²) in [6, 6.07) is 0. The molecule has 0 radical (unpaired) electrons. The smallest absolute Gasteiger partial charge is 0.376 e. The zero-order chi connectivity index (χ0) is 24.1. The van der Waals surface area contributed by atoms with Crippen molar-refractivity contribution in [3.8, 4) is 0 Å². The Balaban J connectivity index is 3.66. The van der Waals surface area contributed by atoms with E-state index in [4.69, 9.17) is 0 Å². The number of nitrogens with zero attached hydrogens (tertiary/aromatic N) is 1. The van der Waals surface area contributed by atoms with E-state index < -0.39 is 13.3 Å². The Morgan fingerprint density at radius 1 is 0.625 bits per heavy atom. The van der Waals surface area contributed by atoms with Gasteiger partial charge in [-0.3, -0.25) is 4.48 Å². The highest BCUT2D eigenvalue weighted by Gasteiger charge is 2.53. The van der Waals surface area contributed by atoms with Crippen LogP contribution >= 0.6 is 8.03 Å². The third-order valence-electron chi connectivity index (χ3n) is 7.08. The van der Waals surface area contributed by atoms with Gasteiger partial charge in [0.15, 0.2) is 0 Å². The van der Waals surface area contributed by atoms with E-state index in [2.05, 4.69) is 26.0 Å². The van der Waals surface area contributed by atoms with Gasteiger partial charge in [-0.2, -0.15) is 0 Å². The van der Waals surface area contributed by atoms with Gasteiger partial charge in [0.2, 0.25) is 0 Å². The molecule has 190 valence electrons. The SMILES string of the molecule is CCCCCCCCCCCCCCCC=CCCCCC(CCC)([P+](=O)[O-])[N+](C)(C)C. The maximum Gasteiger partial charge on any atom is 0.376 e.